The molecular weight excluding hydrogens is 114 g/mol. The summed E-state index contributed by atoms with van der Waals surface area (Å²) in [5.41, 5.74) is 2.31. The molecule has 48 valence electrons. The van der Waals surface area contributed by atoms with Gasteiger partial charge in [0.25, 0.3) is 0 Å². The van der Waals surface area contributed by atoms with Crippen LogP contribution in [0.3, 0.4) is 0 Å². The van der Waals surface area contributed by atoms with Crippen molar-refractivity contribution in [2.24, 2.45) is 0 Å². The van der Waals surface area contributed by atoms with Crippen molar-refractivity contribution in [3.05, 3.63) is 5.21 Å². The minimum atomic E-state index is -0.699. The van der Waals surface area contributed by atoms with E-state index in [1.165, 1.54) is 0 Å². The minimum Gasteiger partial charge on any atom is -0.560 e. The summed E-state index contributed by atoms with van der Waals surface area (Å²) >= 11 is 0. The Bertz CT molecular complexity index is 94.5. The molecule has 1 saturated heterocycles. The zero-order valence-electron chi connectivity index (χ0n) is 4.67. The summed E-state index contributed by atoms with van der Waals surface area (Å²) in [6.45, 7) is 0. The van der Waals surface area contributed by atoms with Crippen LogP contribution >= 0.6 is 0 Å². The van der Waals surface area contributed by atoms with Crippen LogP contribution in [0, 0.1) is 5.21 Å². The van der Waals surface area contributed by atoms with Gasteiger partial charge in [-0.3, -0.25) is 0 Å². The highest BCUT2D eigenvalue weighted by Gasteiger charge is 2.32. The van der Waals surface area contributed by atoms with Gasteiger partial charge in [-0.2, -0.15) is 0 Å². The first kappa shape index (κ1) is 5.89. The Labute approximate surface area is 46.1 Å². The molecule has 0 amide bonds. The largest absolute Gasteiger partial charge is 0.560 e. The normalized spacial score (nSPS) is 35.6. The van der Waals surface area contributed by atoms with Crippen molar-refractivity contribution in [3.8, 4) is 0 Å². The molecule has 1 heterocycles. The Morgan fingerprint density at radius 3 is 2.38 bits per heavy atom. The van der Waals surface area contributed by atoms with Crippen molar-refractivity contribution in [1.82, 2.24) is 5.59 Å². The van der Waals surface area contributed by atoms with E-state index in [9.17, 15) is 5.21 Å². The van der Waals surface area contributed by atoms with E-state index in [0.717, 1.165) is 0 Å². The lowest BCUT2D eigenvalue weighted by Gasteiger charge is -2.09. The number of hydrogen-bond acceptors (Lipinski definition) is 4. The van der Waals surface area contributed by atoms with Gasteiger partial charge in [-0.05, 0) is 9.69 Å². The predicted molar refractivity (Wildman–Crippen MR) is 21.7 cm³/mol. The standard InChI is InChI=1S/C2H8N3O3/c1-5(2)3-7-4(6)8-5/h3-4H,1-2H3/q+1. The maximum absolute atomic E-state index is 10.1. The number of quaternary nitrogens is 2. The van der Waals surface area contributed by atoms with Crippen LogP contribution in [-0.4, -0.2) is 18.9 Å². The van der Waals surface area contributed by atoms with Crippen LogP contribution in [0.1, 0.15) is 0 Å². The molecule has 1 fully saturated rings. The molecule has 0 aliphatic carbocycles. The molecule has 1 unspecified atom stereocenters. The fourth-order valence-corrected chi connectivity index (χ4v) is 0.371. The van der Waals surface area contributed by atoms with Gasteiger partial charge in [-0.25, -0.2) is 0 Å². The third-order valence-corrected chi connectivity index (χ3v) is 0.652. The van der Waals surface area contributed by atoms with E-state index in [4.69, 9.17) is 0 Å². The molecule has 0 aromatic heterocycles. The van der Waals surface area contributed by atoms with Crippen LogP contribution < -0.4 is 11.0 Å². The van der Waals surface area contributed by atoms with Crippen molar-refractivity contribution in [3.63, 3.8) is 0 Å². The molecule has 2 N–H and O–H groups in total. The van der Waals surface area contributed by atoms with Gasteiger partial charge >= 0.3 is 0 Å². The van der Waals surface area contributed by atoms with E-state index in [2.05, 4.69) is 15.5 Å². The molecule has 1 atom stereocenters. The van der Waals surface area contributed by atoms with E-state index in [-0.39, 0.29) is 4.76 Å². The topological polar surface area (TPSA) is 58.0 Å². The Morgan fingerprint density at radius 2 is 2.25 bits per heavy atom. The highest BCUT2D eigenvalue weighted by molar-refractivity contribution is 3.83. The number of hydrogen-bond donors (Lipinski definition) is 2. The molecule has 1 rings (SSSR count). The number of hydroxylamine groups is 2. The second-order valence-corrected chi connectivity index (χ2v) is 1.89. The fraction of sp³-hybridized carbons (Fsp3) is 1.00. The number of rotatable bonds is 0. The van der Waals surface area contributed by atoms with Crippen LogP contribution in [-0.2, 0) is 9.88 Å². The SMILES string of the molecule is C[N+]1(C)NO[NH+]([O-])O1. The molecule has 6 heteroatoms. The van der Waals surface area contributed by atoms with Gasteiger partial charge in [0.05, 0.1) is 10.5 Å². The Kier molecular flexibility index (Phi) is 1.19. The first-order chi connectivity index (χ1) is 3.60. The zero-order valence-corrected chi connectivity index (χ0v) is 4.67. The summed E-state index contributed by atoms with van der Waals surface area (Å²) in [5.74, 6) is 0. The average molecular weight is 122 g/mol. The van der Waals surface area contributed by atoms with Crippen molar-refractivity contribution in [2.75, 3.05) is 14.1 Å². The molecule has 8 heavy (non-hydrogen) atoms. The van der Waals surface area contributed by atoms with E-state index in [1.54, 1.807) is 14.1 Å². The van der Waals surface area contributed by atoms with Gasteiger partial charge < -0.3 is 5.21 Å². The maximum atomic E-state index is 10.1. The van der Waals surface area contributed by atoms with Gasteiger partial charge in [-0.1, -0.05) is 0 Å². The third-order valence-electron chi connectivity index (χ3n) is 0.652. The van der Waals surface area contributed by atoms with Crippen LogP contribution in [0.25, 0.3) is 0 Å². The van der Waals surface area contributed by atoms with Gasteiger partial charge in [0.15, 0.2) is 0 Å². The predicted octanol–water partition coefficient (Wildman–Crippen LogP) is -2.34. The van der Waals surface area contributed by atoms with Crippen LogP contribution in [0.4, 0.5) is 0 Å². The molecule has 0 radical (unpaired) electrons. The molecule has 1 aliphatic heterocycles. The molecule has 0 saturated carbocycles. The Morgan fingerprint density at radius 1 is 1.62 bits per heavy atom. The first-order valence-corrected chi connectivity index (χ1v) is 2.12. The fourth-order valence-electron chi connectivity index (χ4n) is 0.371. The van der Waals surface area contributed by atoms with Gasteiger partial charge in [0, 0.05) is 5.39 Å². The molecule has 6 nitrogen and oxygen atoms in total. The first-order valence-electron chi connectivity index (χ1n) is 2.12. The van der Waals surface area contributed by atoms with Gasteiger partial charge in [0.2, 0.25) is 0 Å². The van der Waals surface area contributed by atoms with Crippen LogP contribution in [0.15, 0.2) is 0 Å². The highest BCUT2D eigenvalue weighted by atomic mass is 17.3. The molecule has 0 aromatic rings. The van der Waals surface area contributed by atoms with Crippen molar-refractivity contribution in [1.29, 1.82) is 0 Å². The maximum Gasteiger partial charge on any atom is 0.127 e. The average Bonchev–Trinajstić information content (AvgIpc) is 1.82. The quantitative estimate of drug-likeness (QED) is 0.279. The van der Waals surface area contributed by atoms with E-state index in [0.29, 0.717) is 0 Å². The van der Waals surface area contributed by atoms with Crippen molar-refractivity contribution in [2.45, 2.75) is 0 Å². The number of nitrogens with one attached hydrogen (secondary N) is 2. The summed E-state index contributed by atoms with van der Waals surface area (Å²) in [7, 11) is 3.26. The Hall–Kier alpha value is -0.240. The van der Waals surface area contributed by atoms with Gasteiger partial charge in [-0.15, -0.1) is 0 Å². The molecule has 0 bridgehead atoms. The summed E-state index contributed by atoms with van der Waals surface area (Å²) in [6.07, 6.45) is 0. The molecule has 0 spiro atoms. The lowest BCUT2D eigenvalue weighted by atomic mass is 11.1. The lowest BCUT2D eigenvalue weighted by molar-refractivity contribution is -1.32. The van der Waals surface area contributed by atoms with E-state index < -0.39 is 5.39 Å². The second-order valence-electron chi connectivity index (χ2n) is 1.89. The molecule has 0 aromatic carbocycles. The highest BCUT2D eigenvalue weighted by Crippen LogP contribution is 1.89. The summed E-state index contributed by atoms with van der Waals surface area (Å²) < 4.78 is -0.0845. The lowest BCUT2D eigenvalue weighted by Crippen LogP contribution is -3.03. The van der Waals surface area contributed by atoms with Gasteiger partial charge in [0.1, 0.15) is 14.1 Å². The second kappa shape index (κ2) is 1.62. The zero-order chi connectivity index (χ0) is 6.20. The number of nitrogens with zero attached hydrogens (tertiary/aromatic N) is 1. The monoisotopic (exact) mass is 122 g/mol. The van der Waals surface area contributed by atoms with Crippen molar-refractivity contribution >= 4 is 0 Å². The van der Waals surface area contributed by atoms with Crippen LogP contribution in [0.5, 0.6) is 0 Å². The summed E-state index contributed by atoms with van der Waals surface area (Å²) in [6, 6.07) is 0. The van der Waals surface area contributed by atoms with E-state index in [1.807, 2.05) is 0 Å². The third kappa shape index (κ3) is 1.13. The van der Waals surface area contributed by atoms with E-state index >= 15 is 0 Å². The molecule has 1 aliphatic rings. The smallest absolute Gasteiger partial charge is 0.127 e. The minimum absolute atomic E-state index is 0.0845. The Balaban J connectivity index is 2.44. The van der Waals surface area contributed by atoms with Crippen molar-refractivity contribution < 1.29 is 20.0 Å². The summed E-state index contributed by atoms with van der Waals surface area (Å²) in [5, 5.41) is 9.44. The van der Waals surface area contributed by atoms with Crippen LogP contribution in [0.2, 0.25) is 0 Å². The summed E-state index contributed by atoms with van der Waals surface area (Å²) in [4.78, 5) is 8.74. The molecular formula is C2H8N3O3+.